The Morgan fingerprint density at radius 1 is 1.00 bits per heavy atom. The van der Waals surface area contributed by atoms with E-state index >= 15 is 0 Å². The van der Waals surface area contributed by atoms with Crippen molar-refractivity contribution in [2.45, 2.75) is 25.9 Å². The van der Waals surface area contributed by atoms with Gasteiger partial charge in [0.05, 0.1) is 25.0 Å². The molecule has 0 aliphatic carbocycles. The Morgan fingerprint density at radius 3 is 1.72 bits per heavy atom. The number of nitrogens with zero attached hydrogens (tertiary/aromatic N) is 1. The van der Waals surface area contributed by atoms with Crippen LogP contribution in [0.1, 0.15) is 13.8 Å². The molecule has 2 bridgehead atoms. The second-order valence-corrected chi connectivity index (χ2v) is 4.59. The molecule has 0 aromatic rings. The van der Waals surface area contributed by atoms with Crippen molar-refractivity contribution < 1.29 is 19.1 Å². The van der Waals surface area contributed by atoms with Gasteiger partial charge in [0.25, 0.3) is 0 Å². The van der Waals surface area contributed by atoms with Crippen molar-refractivity contribution in [2.24, 2.45) is 11.8 Å². The van der Waals surface area contributed by atoms with Crippen LogP contribution in [0, 0.1) is 11.8 Å². The highest BCUT2D eigenvalue weighted by Gasteiger charge is 2.56. The zero-order valence-electron chi connectivity index (χ0n) is 11.0. The van der Waals surface area contributed by atoms with Crippen LogP contribution >= 0.6 is 0 Å². The van der Waals surface area contributed by atoms with Gasteiger partial charge in [0.15, 0.2) is 0 Å². The summed E-state index contributed by atoms with van der Waals surface area (Å²) < 4.78 is 10.2. The molecule has 5 heteroatoms. The van der Waals surface area contributed by atoms with E-state index in [0.29, 0.717) is 13.2 Å². The molecular weight excluding hydrogens is 234 g/mol. The molecule has 0 saturated carbocycles. The summed E-state index contributed by atoms with van der Waals surface area (Å²) in [6.07, 6.45) is 3.95. The first kappa shape index (κ1) is 13.1. The molecule has 0 amide bonds. The molecule has 5 nitrogen and oxygen atoms in total. The third-order valence-electron chi connectivity index (χ3n) is 3.69. The topological polar surface area (TPSA) is 55.8 Å². The van der Waals surface area contributed by atoms with Crippen molar-refractivity contribution in [3.05, 3.63) is 12.2 Å². The Kier molecular flexibility index (Phi) is 3.71. The van der Waals surface area contributed by atoms with Gasteiger partial charge in [-0.05, 0) is 20.9 Å². The number of hydrogen-bond donors (Lipinski definition) is 0. The monoisotopic (exact) mass is 253 g/mol. The smallest absolute Gasteiger partial charge is 0.311 e. The molecule has 18 heavy (non-hydrogen) atoms. The summed E-state index contributed by atoms with van der Waals surface area (Å²) in [5.74, 6) is -1.49. The fourth-order valence-electron chi connectivity index (χ4n) is 2.92. The van der Waals surface area contributed by atoms with Crippen molar-refractivity contribution >= 4 is 11.9 Å². The van der Waals surface area contributed by atoms with Crippen LogP contribution < -0.4 is 0 Å². The van der Waals surface area contributed by atoms with Crippen molar-refractivity contribution in [1.82, 2.24) is 4.90 Å². The van der Waals surface area contributed by atoms with Crippen LogP contribution in [0.4, 0.5) is 0 Å². The van der Waals surface area contributed by atoms with Gasteiger partial charge >= 0.3 is 11.9 Å². The number of esters is 2. The van der Waals surface area contributed by atoms with E-state index in [9.17, 15) is 9.59 Å². The minimum Gasteiger partial charge on any atom is -0.466 e. The van der Waals surface area contributed by atoms with Crippen molar-refractivity contribution in [2.75, 3.05) is 20.3 Å². The summed E-state index contributed by atoms with van der Waals surface area (Å²) in [6.45, 7) is 4.19. The maximum absolute atomic E-state index is 12.0. The Hall–Kier alpha value is -1.36. The molecule has 1 saturated heterocycles. The lowest BCUT2D eigenvalue weighted by molar-refractivity contribution is -0.159. The van der Waals surface area contributed by atoms with E-state index in [2.05, 4.69) is 0 Å². The summed E-state index contributed by atoms with van der Waals surface area (Å²) in [6, 6.07) is -0.105. The molecule has 1 fully saturated rings. The molecular formula is C13H19NO4. The molecule has 2 rings (SSSR count). The van der Waals surface area contributed by atoms with Gasteiger partial charge in [-0.3, -0.25) is 14.5 Å². The molecule has 2 aliphatic rings. The number of ether oxygens (including phenoxy) is 2. The van der Waals surface area contributed by atoms with Crippen LogP contribution in [0.25, 0.3) is 0 Å². The predicted octanol–water partition coefficient (Wildman–Crippen LogP) is 0.597. The van der Waals surface area contributed by atoms with E-state index in [-0.39, 0.29) is 24.0 Å². The Morgan fingerprint density at radius 2 is 1.39 bits per heavy atom. The average Bonchev–Trinajstić information content (AvgIpc) is 2.83. The van der Waals surface area contributed by atoms with Crippen molar-refractivity contribution in [3.63, 3.8) is 0 Å². The highest BCUT2D eigenvalue weighted by atomic mass is 16.5. The quantitative estimate of drug-likeness (QED) is 0.542. The van der Waals surface area contributed by atoms with Crippen LogP contribution in [0.5, 0.6) is 0 Å². The van der Waals surface area contributed by atoms with Crippen molar-refractivity contribution in [3.8, 4) is 0 Å². The van der Waals surface area contributed by atoms with Gasteiger partial charge in [0.1, 0.15) is 0 Å². The zero-order valence-corrected chi connectivity index (χ0v) is 11.0. The van der Waals surface area contributed by atoms with Crippen LogP contribution in [-0.4, -0.2) is 49.2 Å². The van der Waals surface area contributed by atoms with Gasteiger partial charge in [-0.25, -0.2) is 0 Å². The van der Waals surface area contributed by atoms with Gasteiger partial charge in [0.2, 0.25) is 0 Å². The van der Waals surface area contributed by atoms with Gasteiger partial charge < -0.3 is 9.47 Å². The van der Waals surface area contributed by atoms with E-state index in [1.165, 1.54) is 0 Å². The number of likely N-dealkylation sites (N-methyl/N-ethyl adjacent to an activating group) is 1. The third kappa shape index (κ3) is 1.92. The first-order valence-electron chi connectivity index (χ1n) is 6.35. The van der Waals surface area contributed by atoms with Gasteiger partial charge in [-0.2, -0.15) is 0 Å². The summed E-state index contributed by atoms with van der Waals surface area (Å²) >= 11 is 0. The third-order valence-corrected chi connectivity index (χ3v) is 3.69. The molecule has 0 aromatic carbocycles. The molecule has 0 N–H and O–H groups in total. The predicted molar refractivity (Wildman–Crippen MR) is 64.7 cm³/mol. The first-order chi connectivity index (χ1) is 8.61. The Labute approximate surface area is 107 Å². The highest BCUT2D eigenvalue weighted by Crippen LogP contribution is 2.41. The number of carbonyl (C=O) groups is 2. The average molecular weight is 253 g/mol. The zero-order chi connectivity index (χ0) is 13.3. The number of rotatable bonds is 4. The molecule has 4 unspecified atom stereocenters. The fraction of sp³-hybridized carbons (Fsp3) is 0.692. The van der Waals surface area contributed by atoms with Crippen LogP contribution in [0.15, 0.2) is 12.2 Å². The van der Waals surface area contributed by atoms with Crippen LogP contribution in [0.2, 0.25) is 0 Å². The number of hydrogen-bond acceptors (Lipinski definition) is 5. The number of fused-ring (bicyclic) bond motifs is 2. The van der Waals surface area contributed by atoms with Crippen molar-refractivity contribution in [1.29, 1.82) is 0 Å². The van der Waals surface area contributed by atoms with Gasteiger partial charge in [-0.1, -0.05) is 12.2 Å². The molecule has 100 valence electrons. The lowest BCUT2D eigenvalue weighted by Crippen LogP contribution is -2.38. The first-order valence-corrected chi connectivity index (χ1v) is 6.35. The number of carbonyl (C=O) groups excluding carboxylic acids is 2. The summed E-state index contributed by atoms with van der Waals surface area (Å²) in [5.41, 5.74) is 0. The van der Waals surface area contributed by atoms with E-state index in [1.54, 1.807) is 13.8 Å². The van der Waals surface area contributed by atoms with E-state index in [1.807, 2.05) is 24.1 Å². The molecule has 0 spiro atoms. The largest absolute Gasteiger partial charge is 0.466 e. The maximum atomic E-state index is 12.0. The maximum Gasteiger partial charge on any atom is 0.311 e. The lowest BCUT2D eigenvalue weighted by atomic mass is 9.83. The molecule has 0 aromatic heterocycles. The van der Waals surface area contributed by atoms with E-state index < -0.39 is 11.8 Å². The highest BCUT2D eigenvalue weighted by molar-refractivity contribution is 5.85. The fourth-order valence-corrected chi connectivity index (χ4v) is 2.92. The Bertz CT molecular complexity index is 345. The van der Waals surface area contributed by atoms with E-state index in [0.717, 1.165) is 0 Å². The lowest BCUT2D eigenvalue weighted by Gasteiger charge is -2.22. The molecule has 0 radical (unpaired) electrons. The Balaban J connectivity index is 2.22. The van der Waals surface area contributed by atoms with Gasteiger partial charge in [0, 0.05) is 12.1 Å². The molecule has 2 aliphatic heterocycles. The van der Waals surface area contributed by atoms with Crippen LogP contribution in [0.3, 0.4) is 0 Å². The normalized spacial score (nSPS) is 33.7. The minimum atomic E-state index is -0.441. The SMILES string of the molecule is CCOC(=O)C1C(C(=O)OCC)C2C=CC1N2C. The van der Waals surface area contributed by atoms with E-state index in [4.69, 9.17) is 9.47 Å². The summed E-state index contributed by atoms with van der Waals surface area (Å²) in [5, 5.41) is 0. The van der Waals surface area contributed by atoms with Crippen LogP contribution in [-0.2, 0) is 19.1 Å². The summed E-state index contributed by atoms with van der Waals surface area (Å²) in [7, 11) is 1.92. The molecule has 2 heterocycles. The van der Waals surface area contributed by atoms with Gasteiger partial charge in [-0.15, -0.1) is 0 Å². The molecule has 4 atom stereocenters. The summed E-state index contributed by atoms with van der Waals surface area (Å²) in [4.78, 5) is 26.0. The minimum absolute atomic E-state index is 0.0524. The second kappa shape index (κ2) is 5.10. The second-order valence-electron chi connectivity index (χ2n) is 4.59. The standard InChI is InChI=1S/C13H19NO4/c1-4-17-12(15)10-8-6-7-9(14(8)3)11(10)13(16)18-5-2/h6-11H,4-5H2,1-3H3.